The van der Waals surface area contributed by atoms with Gasteiger partial charge in [0.15, 0.2) is 0 Å². The Labute approximate surface area is 179 Å². The van der Waals surface area contributed by atoms with Crippen LogP contribution < -0.4 is 0 Å². The van der Waals surface area contributed by atoms with Crippen LogP contribution in [0.15, 0.2) is 46.3 Å². The number of rotatable bonds is 7. The van der Waals surface area contributed by atoms with E-state index in [1.165, 1.54) is 5.56 Å². The standard InChI is InChI=1S/C21H23ClN4O2S/c22-17-8-6-16(7-9-17)15-25-10-12-26(13-11-25)20(27)5-1-4-19-23-21(24-28-19)18-3-2-14-29-18/h2-3,6-9,14H,1,4-5,10-13,15H2. The van der Waals surface area contributed by atoms with Crippen molar-refractivity contribution >= 4 is 28.8 Å². The van der Waals surface area contributed by atoms with Crippen LogP contribution in [0.2, 0.25) is 5.02 Å². The smallest absolute Gasteiger partial charge is 0.226 e. The summed E-state index contributed by atoms with van der Waals surface area (Å²) in [6, 6.07) is 11.9. The van der Waals surface area contributed by atoms with Gasteiger partial charge in [0.1, 0.15) is 0 Å². The summed E-state index contributed by atoms with van der Waals surface area (Å²) in [7, 11) is 0. The largest absolute Gasteiger partial charge is 0.340 e. The Balaban J connectivity index is 1.18. The Morgan fingerprint density at radius 3 is 2.66 bits per heavy atom. The maximum Gasteiger partial charge on any atom is 0.226 e. The van der Waals surface area contributed by atoms with Gasteiger partial charge >= 0.3 is 0 Å². The molecule has 6 nitrogen and oxygen atoms in total. The lowest BCUT2D eigenvalue weighted by atomic mass is 10.1. The second-order valence-corrected chi connectivity index (χ2v) is 8.51. The normalized spacial score (nSPS) is 15.0. The second kappa shape index (κ2) is 9.52. The molecule has 0 bridgehead atoms. The van der Waals surface area contributed by atoms with Gasteiger partial charge in [0.2, 0.25) is 17.6 Å². The average Bonchev–Trinajstić information content (AvgIpc) is 3.42. The third-order valence-corrected chi connectivity index (χ3v) is 6.15. The lowest BCUT2D eigenvalue weighted by molar-refractivity contribution is -0.133. The zero-order chi connectivity index (χ0) is 20.1. The fourth-order valence-electron chi connectivity index (χ4n) is 3.41. The summed E-state index contributed by atoms with van der Waals surface area (Å²) in [6.45, 7) is 4.22. The van der Waals surface area contributed by atoms with Crippen molar-refractivity contribution in [2.45, 2.75) is 25.8 Å². The van der Waals surface area contributed by atoms with Gasteiger partial charge in [-0.05, 0) is 35.6 Å². The molecule has 1 saturated heterocycles. The quantitative estimate of drug-likeness (QED) is 0.564. The molecular formula is C21H23ClN4O2S. The SMILES string of the molecule is O=C(CCCc1nc(-c2cccs2)no1)N1CCN(Cc2ccc(Cl)cc2)CC1. The van der Waals surface area contributed by atoms with E-state index >= 15 is 0 Å². The molecule has 8 heteroatoms. The predicted octanol–water partition coefficient (Wildman–Crippen LogP) is 4.12. The molecule has 4 rings (SSSR count). The minimum absolute atomic E-state index is 0.203. The molecule has 0 atom stereocenters. The molecule has 0 spiro atoms. The van der Waals surface area contributed by atoms with Gasteiger partial charge in [0.05, 0.1) is 4.88 Å². The molecule has 1 aliphatic heterocycles. The Kier molecular flexibility index (Phi) is 6.59. The molecule has 0 saturated carbocycles. The Morgan fingerprint density at radius 2 is 1.93 bits per heavy atom. The third-order valence-electron chi connectivity index (χ3n) is 5.04. The fraction of sp³-hybridized carbons (Fsp3) is 0.381. The van der Waals surface area contributed by atoms with E-state index in [2.05, 4.69) is 27.2 Å². The third kappa shape index (κ3) is 5.44. The van der Waals surface area contributed by atoms with Crippen LogP contribution in [-0.2, 0) is 17.8 Å². The molecule has 3 heterocycles. The van der Waals surface area contributed by atoms with Gasteiger partial charge in [-0.25, -0.2) is 0 Å². The summed E-state index contributed by atoms with van der Waals surface area (Å²) in [6.07, 6.45) is 1.85. The number of nitrogens with zero attached hydrogens (tertiary/aromatic N) is 4. The van der Waals surface area contributed by atoms with Crippen molar-refractivity contribution in [3.8, 4) is 10.7 Å². The zero-order valence-corrected chi connectivity index (χ0v) is 17.7. The van der Waals surface area contributed by atoms with Crippen LogP contribution in [0.5, 0.6) is 0 Å². The van der Waals surface area contributed by atoms with Crippen molar-refractivity contribution in [1.82, 2.24) is 19.9 Å². The summed E-state index contributed by atoms with van der Waals surface area (Å²) >= 11 is 7.53. The molecule has 0 radical (unpaired) electrons. The summed E-state index contributed by atoms with van der Waals surface area (Å²) in [5.41, 5.74) is 1.25. The molecule has 152 valence electrons. The van der Waals surface area contributed by atoms with Crippen molar-refractivity contribution in [3.63, 3.8) is 0 Å². The zero-order valence-electron chi connectivity index (χ0n) is 16.1. The molecule has 1 aliphatic rings. The first-order valence-electron chi connectivity index (χ1n) is 9.78. The highest BCUT2D eigenvalue weighted by atomic mass is 35.5. The van der Waals surface area contributed by atoms with Crippen LogP contribution >= 0.6 is 22.9 Å². The Hall–Kier alpha value is -2.22. The van der Waals surface area contributed by atoms with Crippen LogP contribution in [0.3, 0.4) is 0 Å². The van der Waals surface area contributed by atoms with Crippen LogP contribution in [0, 0.1) is 0 Å². The minimum Gasteiger partial charge on any atom is -0.340 e. The van der Waals surface area contributed by atoms with E-state index in [4.69, 9.17) is 16.1 Å². The lowest BCUT2D eigenvalue weighted by Gasteiger charge is -2.34. The van der Waals surface area contributed by atoms with Gasteiger partial charge in [-0.3, -0.25) is 9.69 Å². The lowest BCUT2D eigenvalue weighted by Crippen LogP contribution is -2.48. The monoisotopic (exact) mass is 430 g/mol. The van der Waals surface area contributed by atoms with Crippen LogP contribution in [0.4, 0.5) is 0 Å². The number of carbonyl (C=O) groups is 1. The van der Waals surface area contributed by atoms with Crippen molar-refractivity contribution in [2.75, 3.05) is 26.2 Å². The van der Waals surface area contributed by atoms with E-state index in [0.29, 0.717) is 24.6 Å². The number of thiophene rings is 1. The van der Waals surface area contributed by atoms with E-state index in [-0.39, 0.29) is 5.91 Å². The van der Waals surface area contributed by atoms with Gasteiger partial charge < -0.3 is 9.42 Å². The summed E-state index contributed by atoms with van der Waals surface area (Å²) in [5, 5.41) is 6.75. The molecular weight excluding hydrogens is 408 g/mol. The number of aryl methyl sites for hydroxylation is 1. The number of benzene rings is 1. The Bertz CT molecular complexity index is 919. The number of carbonyl (C=O) groups excluding carboxylic acids is 1. The summed E-state index contributed by atoms with van der Waals surface area (Å²) in [4.78, 5) is 22.2. The van der Waals surface area contributed by atoms with Crippen molar-refractivity contribution in [3.05, 3.63) is 58.3 Å². The van der Waals surface area contributed by atoms with Crippen molar-refractivity contribution < 1.29 is 9.32 Å². The van der Waals surface area contributed by atoms with Gasteiger partial charge in [-0.15, -0.1) is 11.3 Å². The van der Waals surface area contributed by atoms with Crippen LogP contribution in [0.25, 0.3) is 10.7 Å². The number of aromatic nitrogens is 2. The summed E-state index contributed by atoms with van der Waals surface area (Å²) < 4.78 is 5.30. The van der Waals surface area contributed by atoms with Gasteiger partial charge in [-0.2, -0.15) is 4.98 Å². The molecule has 0 unspecified atom stereocenters. The van der Waals surface area contributed by atoms with E-state index in [1.807, 2.05) is 34.5 Å². The van der Waals surface area contributed by atoms with E-state index in [0.717, 1.165) is 49.0 Å². The number of halogens is 1. The fourth-order valence-corrected chi connectivity index (χ4v) is 4.19. The first-order valence-corrected chi connectivity index (χ1v) is 11.0. The first kappa shape index (κ1) is 20.1. The highest BCUT2D eigenvalue weighted by Crippen LogP contribution is 2.21. The van der Waals surface area contributed by atoms with E-state index in [1.54, 1.807) is 11.3 Å². The molecule has 2 aromatic heterocycles. The van der Waals surface area contributed by atoms with Crippen LogP contribution in [0.1, 0.15) is 24.3 Å². The minimum atomic E-state index is 0.203. The first-order chi connectivity index (χ1) is 14.2. The van der Waals surface area contributed by atoms with E-state index < -0.39 is 0 Å². The molecule has 3 aromatic rings. The Morgan fingerprint density at radius 1 is 1.14 bits per heavy atom. The number of amides is 1. The maximum absolute atomic E-state index is 12.5. The maximum atomic E-state index is 12.5. The highest BCUT2D eigenvalue weighted by molar-refractivity contribution is 7.13. The topological polar surface area (TPSA) is 62.5 Å². The highest BCUT2D eigenvalue weighted by Gasteiger charge is 2.21. The van der Waals surface area contributed by atoms with Gasteiger partial charge in [0, 0.05) is 50.6 Å². The van der Waals surface area contributed by atoms with Gasteiger partial charge in [0.25, 0.3) is 0 Å². The van der Waals surface area contributed by atoms with Gasteiger partial charge in [-0.1, -0.05) is 35.0 Å². The molecule has 29 heavy (non-hydrogen) atoms. The number of piperazine rings is 1. The van der Waals surface area contributed by atoms with E-state index in [9.17, 15) is 4.79 Å². The van der Waals surface area contributed by atoms with Crippen molar-refractivity contribution in [2.24, 2.45) is 0 Å². The second-order valence-electron chi connectivity index (χ2n) is 7.13. The molecule has 1 fully saturated rings. The molecule has 0 aliphatic carbocycles. The predicted molar refractivity (Wildman–Crippen MR) is 114 cm³/mol. The van der Waals surface area contributed by atoms with Crippen molar-refractivity contribution in [1.29, 1.82) is 0 Å². The number of hydrogen-bond donors (Lipinski definition) is 0. The summed E-state index contributed by atoms with van der Waals surface area (Å²) in [5.74, 6) is 1.42. The van der Waals surface area contributed by atoms with Crippen LogP contribution in [-0.4, -0.2) is 52.0 Å². The average molecular weight is 431 g/mol. The molecule has 1 amide bonds. The molecule has 0 N–H and O–H groups in total. The molecule has 1 aromatic carbocycles. The number of hydrogen-bond acceptors (Lipinski definition) is 6.